The first-order chi connectivity index (χ1) is 13.6. The first kappa shape index (κ1) is 18.4. The number of fused-ring (bicyclic) bond motifs is 3. The first-order valence-corrected chi connectivity index (χ1v) is 9.74. The molecule has 2 aromatic carbocycles. The number of anilines is 1. The molecule has 0 radical (unpaired) electrons. The van der Waals surface area contributed by atoms with Crippen molar-refractivity contribution in [2.24, 2.45) is 0 Å². The van der Waals surface area contributed by atoms with Gasteiger partial charge in [0.15, 0.2) is 11.5 Å². The van der Waals surface area contributed by atoms with Crippen LogP contribution in [-0.2, 0) is 13.0 Å². The highest BCUT2D eigenvalue weighted by Gasteiger charge is 2.21. The van der Waals surface area contributed by atoms with Crippen molar-refractivity contribution in [3.05, 3.63) is 59.3 Å². The van der Waals surface area contributed by atoms with Crippen LogP contribution in [0.2, 0.25) is 0 Å². The molecule has 0 saturated carbocycles. The summed E-state index contributed by atoms with van der Waals surface area (Å²) in [6, 6.07) is 13.0. The lowest BCUT2D eigenvalue weighted by Crippen LogP contribution is -2.12. The SMILES string of the molecule is COc1cc2c(cc1OC)-c1cnc(NC(C)c3ccc(C)cc3)n1CCC2. The maximum absolute atomic E-state index is 5.53. The van der Waals surface area contributed by atoms with E-state index in [1.54, 1.807) is 14.2 Å². The Morgan fingerprint density at radius 1 is 1.07 bits per heavy atom. The molecular weight excluding hydrogens is 350 g/mol. The van der Waals surface area contributed by atoms with E-state index in [0.717, 1.165) is 42.5 Å². The Labute approximate surface area is 166 Å². The van der Waals surface area contributed by atoms with E-state index in [4.69, 9.17) is 14.5 Å². The number of imidazole rings is 1. The molecule has 146 valence electrons. The molecule has 1 atom stereocenters. The normalized spacial score (nSPS) is 13.9. The lowest BCUT2D eigenvalue weighted by atomic mass is 10.0. The van der Waals surface area contributed by atoms with Crippen LogP contribution in [0.25, 0.3) is 11.3 Å². The maximum Gasteiger partial charge on any atom is 0.203 e. The molecule has 1 N–H and O–H groups in total. The molecule has 2 heterocycles. The highest BCUT2D eigenvalue weighted by molar-refractivity contribution is 5.70. The Balaban J connectivity index is 1.68. The van der Waals surface area contributed by atoms with Gasteiger partial charge in [0.1, 0.15) is 0 Å². The van der Waals surface area contributed by atoms with Gasteiger partial charge >= 0.3 is 0 Å². The lowest BCUT2D eigenvalue weighted by molar-refractivity contribution is 0.354. The van der Waals surface area contributed by atoms with Crippen LogP contribution >= 0.6 is 0 Å². The third-order valence-electron chi connectivity index (χ3n) is 5.49. The largest absolute Gasteiger partial charge is 0.493 e. The summed E-state index contributed by atoms with van der Waals surface area (Å²) in [6.45, 7) is 5.21. The van der Waals surface area contributed by atoms with Crippen LogP contribution < -0.4 is 14.8 Å². The van der Waals surface area contributed by atoms with Gasteiger partial charge in [-0.1, -0.05) is 29.8 Å². The third kappa shape index (κ3) is 3.33. The average Bonchev–Trinajstić information content (AvgIpc) is 3.00. The number of rotatable bonds is 5. The lowest BCUT2D eigenvalue weighted by Gasteiger charge is -2.17. The predicted octanol–water partition coefficient (Wildman–Crippen LogP) is 5.00. The van der Waals surface area contributed by atoms with Crippen molar-refractivity contribution in [3.63, 3.8) is 0 Å². The molecule has 5 heteroatoms. The minimum Gasteiger partial charge on any atom is -0.493 e. The Morgan fingerprint density at radius 2 is 1.79 bits per heavy atom. The summed E-state index contributed by atoms with van der Waals surface area (Å²) in [4.78, 5) is 4.70. The first-order valence-electron chi connectivity index (χ1n) is 9.74. The van der Waals surface area contributed by atoms with E-state index in [9.17, 15) is 0 Å². The van der Waals surface area contributed by atoms with Crippen molar-refractivity contribution in [2.75, 3.05) is 19.5 Å². The van der Waals surface area contributed by atoms with Gasteiger partial charge in [-0.15, -0.1) is 0 Å². The van der Waals surface area contributed by atoms with E-state index >= 15 is 0 Å². The summed E-state index contributed by atoms with van der Waals surface area (Å²) in [6.07, 6.45) is 4.02. The second kappa shape index (κ2) is 7.58. The Hall–Kier alpha value is -2.95. The predicted molar refractivity (Wildman–Crippen MR) is 112 cm³/mol. The summed E-state index contributed by atoms with van der Waals surface area (Å²) in [5.74, 6) is 2.43. The Kier molecular flexibility index (Phi) is 4.99. The molecule has 1 aliphatic heterocycles. The summed E-state index contributed by atoms with van der Waals surface area (Å²) in [5, 5.41) is 3.59. The van der Waals surface area contributed by atoms with Crippen LogP contribution in [0, 0.1) is 6.92 Å². The number of ether oxygens (including phenoxy) is 2. The molecular formula is C23H27N3O2. The van der Waals surface area contributed by atoms with Crippen molar-refractivity contribution in [2.45, 2.75) is 39.3 Å². The molecule has 0 aliphatic carbocycles. The zero-order valence-corrected chi connectivity index (χ0v) is 17.0. The minimum atomic E-state index is 0.181. The third-order valence-corrected chi connectivity index (χ3v) is 5.49. The van der Waals surface area contributed by atoms with Gasteiger partial charge in [-0.3, -0.25) is 0 Å². The molecule has 0 amide bonds. The fraction of sp³-hybridized carbons (Fsp3) is 0.348. The van der Waals surface area contributed by atoms with Crippen LogP contribution in [0.15, 0.2) is 42.6 Å². The van der Waals surface area contributed by atoms with Crippen LogP contribution in [0.1, 0.15) is 36.1 Å². The summed E-state index contributed by atoms with van der Waals surface area (Å²) < 4.78 is 13.3. The second-order valence-electron chi connectivity index (χ2n) is 7.36. The smallest absolute Gasteiger partial charge is 0.203 e. The molecule has 3 aromatic rings. The van der Waals surface area contributed by atoms with Crippen molar-refractivity contribution in [1.82, 2.24) is 9.55 Å². The molecule has 5 nitrogen and oxygen atoms in total. The number of hydrogen-bond donors (Lipinski definition) is 1. The zero-order valence-electron chi connectivity index (χ0n) is 17.0. The topological polar surface area (TPSA) is 48.3 Å². The molecule has 0 spiro atoms. The van der Waals surface area contributed by atoms with E-state index in [1.165, 1.54) is 22.3 Å². The molecule has 0 fully saturated rings. The number of aromatic nitrogens is 2. The molecule has 1 aliphatic rings. The maximum atomic E-state index is 5.53. The van der Waals surface area contributed by atoms with Gasteiger partial charge in [0.2, 0.25) is 5.95 Å². The van der Waals surface area contributed by atoms with Crippen molar-refractivity contribution in [3.8, 4) is 22.8 Å². The zero-order chi connectivity index (χ0) is 19.7. The van der Waals surface area contributed by atoms with Gasteiger partial charge in [-0.05, 0) is 49.9 Å². The van der Waals surface area contributed by atoms with Crippen molar-refractivity contribution in [1.29, 1.82) is 0 Å². The Bertz CT molecular complexity index is 976. The van der Waals surface area contributed by atoms with E-state index in [1.807, 2.05) is 6.20 Å². The minimum absolute atomic E-state index is 0.181. The number of nitrogens with zero attached hydrogens (tertiary/aromatic N) is 2. The molecule has 0 saturated heterocycles. The van der Waals surface area contributed by atoms with Gasteiger partial charge in [0.25, 0.3) is 0 Å². The average molecular weight is 377 g/mol. The van der Waals surface area contributed by atoms with Crippen LogP contribution in [0.3, 0.4) is 0 Å². The molecule has 1 unspecified atom stereocenters. The molecule has 4 rings (SSSR count). The van der Waals surface area contributed by atoms with Crippen LogP contribution in [-0.4, -0.2) is 23.8 Å². The van der Waals surface area contributed by atoms with E-state index < -0.39 is 0 Å². The standard InChI is InChI=1S/C23H27N3O2/c1-15-7-9-17(10-8-15)16(2)25-23-24-14-20-19-13-22(28-4)21(27-3)12-18(19)6-5-11-26(20)23/h7-10,12-14,16H,5-6,11H2,1-4H3,(H,24,25). The van der Waals surface area contributed by atoms with E-state index in [2.05, 4.69) is 60.1 Å². The number of methoxy groups -OCH3 is 2. The fourth-order valence-electron chi connectivity index (χ4n) is 3.86. The van der Waals surface area contributed by atoms with Gasteiger partial charge in [0.05, 0.1) is 32.2 Å². The van der Waals surface area contributed by atoms with Gasteiger partial charge in [0, 0.05) is 12.1 Å². The monoisotopic (exact) mass is 377 g/mol. The highest BCUT2D eigenvalue weighted by Crippen LogP contribution is 2.39. The van der Waals surface area contributed by atoms with Gasteiger partial charge in [-0.25, -0.2) is 4.98 Å². The molecule has 0 bridgehead atoms. The fourth-order valence-corrected chi connectivity index (χ4v) is 3.86. The summed E-state index contributed by atoms with van der Waals surface area (Å²) in [5.41, 5.74) is 6.08. The summed E-state index contributed by atoms with van der Waals surface area (Å²) in [7, 11) is 3.36. The van der Waals surface area contributed by atoms with Crippen LogP contribution in [0.5, 0.6) is 11.5 Å². The Morgan fingerprint density at radius 3 is 2.50 bits per heavy atom. The van der Waals surface area contributed by atoms with E-state index in [-0.39, 0.29) is 6.04 Å². The number of benzene rings is 2. The summed E-state index contributed by atoms with van der Waals surface area (Å²) >= 11 is 0. The number of aryl methyl sites for hydroxylation is 2. The molecule has 28 heavy (non-hydrogen) atoms. The van der Waals surface area contributed by atoms with E-state index in [0.29, 0.717) is 0 Å². The highest BCUT2D eigenvalue weighted by atomic mass is 16.5. The second-order valence-corrected chi connectivity index (χ2v) is 7.36. The van der Waals surface area contributed by atoms with Gasteiger partial charge < -0.3 is 19.4 Å². The van der Waals surface area contributed by atoms with Crippen molar-refractivity contribution >= 4 is 5.95 Å². The molecule has 1 aromatic heterocycles. The quantitative estimate of drug-likeness (QED) is 0.680. The van der Waals surface area contributed by atoms with Gasteiger partial charge in [-0.2, -0.15) is 0 Å². The van der Waals surface area contributed by atoms with Crippen molar-refractivity contribution < 1.29 is 9.47 Å². The van der Waals surface area contributed by atoms with Crippen LogP contribution in [0.4, 0.5) is 5.95 Å². The number of nitrogens with one attached hydrogen (secondary N) is 1. The number of hydrogen-bond acceptors (Lipinski definition) is 4.